The van der Waals surface area contributed by atoms with Gasteiger partial charge in [0.15, 0.2) is 11.5 Å². The van der Waals surface area contributed by atoms with Crippen molar-refractivity contribution in [1.82, 2.24) is 4.98 Å². The predicted molar refractivity (Wildman–Crippen MR) is 81.4 cm³/mol. The summed E-state index contributed by atoms with van der Waals surface area (Å²) >= 11 is 0. The summed E-state index contributed by atoms with van der Waals surface area (Å²) in [6.45, 7) is 0. The maximum absolute atomic E-state index is 11.9. The highest BCUT2D eigenvalue weighted by Crippen LogP contribution is 2.40. The number of rotatable bonds is 6. The molecule has 0 aliphatic heterocycles. The lowest BCUT2D eigenvalue weighted by atomic mass is 9.93. The molecule has 1 atom stereocenters. The molecule has 1 amide bonds. The van der Waals surface area contributed by atoms with E-state index < -0.39 is 11.8 Å². The normalized spacial score (nSPS) is 11.6. The van der Waals surface area contributed by atoms with Crippen molar-refractivity contribution in [1.29, 1.82) is 0 Å². The van der Waals surface area contributed by atoms with Crippen LogP contribution in [0.25, 0.3) is 0 Å². The number of ether oxygens (including phenoxy) is 3. The van der Waals surface area contributed by atoms with E-state index in [0.29, 0.717) is 28.5 Å². The lowest BCUT2D eigenvalue weighted by molar-refractivity contribution is -0.118. The monoisotopic (exact) mass is 302 g/mol. The van der Waals surface area contributed by atoms with E-state index in [1.54, 1.807) is 36.5 Å². The summed E-state index contributed by atoms with van der Waals surface area (Å²) in [5, 5.41) is 0. The molecule has 1 heterocycles. The van der Waals surface area contributed by atoms with Crippen LogP contribution in [-0.4, -0.2) is 32.2 Å². The lowest BCUT2D eigenvalue weighted by Gasteiger charge is -2.18. The molecule has 0 spiro atoms. The molecule has 22 heavy (non-hydrogen) atoms. The summed E-state index contributed by atoms with van der Waals surface area (Å²) in [6, 6.07) is 8.72. The maximum Gasteiger partial charge on any atom is 0.231 e. The predicted octanol–water partition coefficient (Wildman–Crippen LogP) is 1.72. The van der Waals surface area contributed by atoms with Gasteiger partial charge in [-0.15, -0.1) is 0 Å². The van der Waals surface area contributed by atoms with Gasteiger partial charge in [-0.2, -0.15) is 0 Å². The van der Waals surface area contributed by atoms with Gasteiger partial charge in [-0.3, -0.25) is 9.78 Å². The number of nitrogens with zero attached hydrogens (tertiary/aromatic N) is 1. The average molecular weight is 302 g/mol. The Balaban J connectivity index is 2.60. The van der Waals surface area contributed by atoms with Crippen LogP contribution in [0.1, 0.15) is 17.2 Å². The van der Waals surface area contributed by atoms with Crippen LogP contribution in [-0.2, 0) is 4.79 Å². The van der Waals surface area contributed by atoms with Crippen LogP contribution in [0.15, 0.2) is 36.5 Å². The summed E-state index contributed by atoms with van der Waals surface area (Å²) in [4.78, 5) is 16.1. The third kappa shape index (κ3) is 2.95. The van der Waals surface area contributed by atoms with E-state index in [9.17, 15) is 4.79 Å². The quantitative estimate of drug-likeness (QED) is 0.878. The number of hydrogen-bond acceptors (Lipinski definition) is 5. The van der Waals surface area contributed by atoms with E-state index in [1.165, 1.54) is 21.3 Å². The Labute approximate surface area is 128 Å². The zero-order valence-corrected chi connectivity index (χ0v) is 12.7. The Kier molecular flexibility index (Phi) is 4.83. The number of pyridine rings is 1. The molecule has 0 radical (unpaired) electrons. The minimum Gasteiger partial charge on any atom is -0.493 e. The molecule has 6 heteroatoms. The average Bonchev–Trinajstić information content (AvgIpc) is 2.54. The van der Waals surface area contributed by atoms with E-state index in [-0.39, 0.29) is 0 Å². The fourth-order valence-corrected chi connectivity index (χ4v) is 2.30. The number of primary amides is 1. The molecule has 0 aliphatic rings. The van der Waals surface area contributed by atoms with Crippen molar-refractivity contribution < 1.29 is 19.0 Å². The molecule has 0 bridgehead atoms. The van der Waals surface area contributed by atoms with E-state index in [1.807, 2.05) is 0 Å². The number of carbonyl (C=O) groups excluding carboxylic acids is 1. The topological polar surface area (TPSA) is 83.7 Å². The Morgan fingerprint density at radius 1 is 1.09 bits per heavy atom. The van der Waals surface area contributed by atoms with Gasteiger partial charge in [0.25, 0.3) is 0 Å². The highest BCUT2D eigenvalue weighted by atomic mass is 16.5. The molecule has 0 saturated carbocycles. The molecule has 1 aromatic heterocycles. The fraction of sp³-hybridized carbons (Fsp3) is 0.250. The molecule has 116 valence electrons. The second-order valence-electron chi connectivity index (χ2n) is 4.55. The van der Waals surface area contributed by atoms with Crippen molar-refractivity contribution in [2.75, 3.05) is 21.3 Å². The van der Waals surface area contributed by atoms with E-state index in [2.05, 4.69) is 4.98 Å². The highest BCUT2D eigenvalue weighted by molar-refractivity contribution is 5.85. The fourth-order valence-electron chi connectivity index (χ4n) is 2.30. The smallest absolute Gasteiger partial charge is 0.231 e. The van der Waals surface area contributed by atoms with Crippen molar-refractivity contribution in [2.24, 2.45) is 5.73 Å². The summed E-state index contributed by atoms with van der Waals surface area (Å²) < 4.78 is 15.9. The third-order valence-electron chi connectivity index (χ3n) is 3.29. The van der Waals surface area contributed by atoms with Crippen LogP contribution < -0.4 is 19.9 Å². The summed E-state index contributed by atoms with van der Waals surface area (Å²) in [5.41, 5.74) is 6.75. The van der Waals surface area contributed by atoms with Crippen molar-refractivity contribution in [3.63, 3.8) is 0 Å². The van der Waals surface area contributed by atoms with Crippen LogP contribution in [0.5, 0.6) is 17.2 Å². The Bertz CT molecular complexity index is 633. The lowest BCUT2D eigenvalue weighted by Crippen LogP contribution is -2.23. The molecule has 1 aromatic carbocycles. The van der Waals surface area contributed by atoms with Gasteiger partial charge in [-0.05, 0) is 29.8 Å². The first-order chi connectivity index (χ1) is 10.6. The molecule has 0 fully saturated rings. The first kappa shape index (κ1) is 15.6. The van der Waals surface area contributed by atoms with Crippen molar-refractivity contribution in [3.05, 3.63) is 47.8 Å². The van der Waals surface area contributed by atoms with Gasteiger partial charge in [0.05, 0.1) is 27.0 Å². The van der Waals surface area contributed by atoms with Crippen molar-refractivity contribution >= 4 is 5.91 Å². The molecule has 2 N–H and O–H groups in total. The van der Waals surface area contributed by atoms with Crippen LogP contribution in [0, 0.1) is 0 Å². The van der Waals surface area contributed by atoms with E-state index >= 15 is 0 Å². The first-order valence-corrected chi connectivity index (χ1v) is 6.62. The number of hydrogen-bond donors (Lipinski definition) is 1. The largest absolute Gasteiger partial charge is 0.493 e. The molecule has 2 aromatic rings. The van der Waals surface area contributed by atoms with Gasteiger partial charge in [0, 0.05) is 6.20 Å². The molecular formula is C16H18N2O4. The van der Waals surface area contributed by atoms with Crippen molar-refractivity contribution in [2.45, 2.75) is 5.92 Å². The van der Waals surface area contributed by atoms with Crippen LogP contribution in [0.2, 0.25) is 0 Å². The van der Waals surface area contributed by atoms with Gasteiger partial charge in [-0.25, -0.2) is 0 Å². The summed E-state index contributed by atoms with van der Waals surface area (Å²) in [5.74, 6) is 0.166. The first-order valence-electron chi connectivity index (χ1n) is 6.62. The standard InChI is InChI=1S/C16H18N2O4/c1-20-12-8-10(9-13(21-2)15(12)22-3)14(16(17)19)11-6-4-5-7-18-11/h4-9,14H,1-3H3,(H2,17,19). The van der Waals surface area contributed by atoms with E-state index in [4.69, 9.17) is 19.9 Å². The van der Waals surface area contributed by atoms with Gasteiger partial charge in [0.1, 0.15) is 5.92 Å². The number of amides is 1. The molecule has 2 rings (SSSR count). The number of methoxy groups -OCH3 is 3. The van der Waals surface area contributed by atoms with Crippen molar-refractivity contribution in [3.8, 4) is 17.2 Å². The summed E-state index contributed by atoms with van der Waals surface area (Å²) in [6.07, 6.45) is 1.61. The van der Waals surface area contributed by atoms with Gasteiger partial charge < -0.3 is 19.9 Å². The Morgan fingerprint density at radius 2 is 1.73 bits per heavy atom. The molecule has 6 nitrogen and oxygen atoms in total. The second kappa shape index (κ2) is 6.80. The molecule has 0 aliphatic carbocycles. The minimum absolute atomic E-state index is 0.456. The van der Waals surface area contributed by atoms with Crippen LogP contribution in [0.3, 0.4) is 0 Å². The van der Waals surface area contributed by atoms with Crippen LogP contribution in [0.4, 0.5) is 0 Å². The van der Waals surface area contributed by atoms with Gasteiger partial charge in [-0.1, -0.05) is 6.07 Å². The maximum atomic E-state index is 11.9. The number of benzene rings is 1. The zero-order valence-electron chi connectivity index (χ0n) is 12.7. The second-order valence-corrected chi connectivity index (χ2v) is 4.55. The van der Waals surface area contributed by atoms with Gasteiger partial charge in [0.2, 0.25) is 11.7 Å². The van der Waals surface area contributed by atoms with Gasteiger partial charge >= 0.3 is 0 Å². The van der Waals surface area contributed by atoms with E-state index in [0.717, 1.165) is 0 Å². The number of carbonyl (C=O) groups is 1. The summed E-state index contributed by atoms with van der Waals surface area (Å²) in [7, 11) is 4.55. The number of nitrogens with two attached hydrogens (primary N) is 1. The molecule has 0 saturated heterocycles. The Hall–Kier alpha value is -2.76. The van der Waals surface area contributed by atoms with Crippen LogP contribution >= 0.6 is 0 Å². The Morgan fingerprint density at radius 3 is 2.14 bits per heavy atom. The third-order valence-corrected chi connectivity index (χ3v) is 3.29. The molecule has 1 unspecified atom stereocenters. The molecular weight excluding hydrogens is 284 g/mol. The zero-order chi connectivity index (χ0) is 16.1. The highest BCUT2D eigenvalue weighted by Gasteiger charge is 2.25. The SMILES string of the molecule is COc1cc(C(C(N)=O)c2ccccn2)cc(OC)c1OC. The minimum atomic E-state index is -0.699. The number of aromatic nitrogens is 1.